The van der Waals surface area contributed by atoms with Gasteiger partial charge >= 0.3 is 0 Å². The van der Waals surface area contributed by atoms with Crippen molar-refractivity contribution >= 4 is 29.0 Å². The van der Waals surface area contributed by atoms with E-state index in [1.54, 1.807) is 0 Å². The highest BCUT2D eigenvalue weighted by atomic mass is 35.5. The van der Waals surface area contributed by atoms with Crippen LogP contribution in [0.2, 0.25) is 10.0 Å². The number of hydrogen-bond acceptors (Lipinski definition) is 3. The molecule has 0 heterocycles. The van der Waals surface area contributed by atoms with Gasteiger partial charge in [-0.15, -0.1) is 0 Å². The molecule has 0 saturated carbocycles. The SMILES string of the molecule is CC(=O)c1cc(Cl)c(O)c(Cl)c1.CCCOc1cc(C)ccc1C. The van der Waals surface area contributed by atoms with Gasteiger partial charge in [0.15, 0.2) is 11.5 Å². The molecule has 2 aromatic carbocycles. The number of aromatic hydroxyl groups is 1. The zero-order valence-electron chi connectivity index (χ0n) is 14.3. The zero-order chi connectivity index (χ0) is 18.3. The fraction of sp³-hybridized carbons (Fsp3) is 0.316. The van der Waals surface area contributed by atoms with Crippen molar-refractivity contribution in [2.75, 3.05) is 6.61 Å². The van der Waals surface area contributed by atoms with E-state index >= 15 is 0 Å². The van der Waals surface area contributed by atoms with Crippen molar-refractivity contribution in [1.82, 2.24) is 0 Å². The molecule has 0 aliphatic carbocycles. The molecular weight excluding hydrogens is 347 g/mol. The second-order valence-electron chi connectivity index (χ2n) is 5.46. The molecule has 0 aromatic heterocycles. The number of ether oxygens (including phenoxy) is 1. The van der Waals surface area contributed by atoms with Crippen molar-refractivity contribution in [3.05, 3.63) is 57.1 Å². The maximum absolute atomic E-state index is 10.9. The Morgan fingerprint density at radius 3 is 2.21 bits per heavy atom. The summed E-state index contributed by atoms with van der Waals surface area (Å²) in [5, 5.41) is 9.32. The summed E-state index contributed by atoms with van der Waals surface area (Å²) in [5.41, 5.74) is 2.86. The Hall–Kier alpha value is -1.71. The third-order valence-corrected chi connectivity index (χ3v) is 3.80. The summed E-state index contributed by atoms with van der Waals surface area (Å²) in [5.74, 6) is 0.694. The molecule has 0 saturated heterocycles. The number of hydrogen-bond donors (Lipinski definition) is 1. The van der Waals surface area contributed by atoms with E-state index in [1.165, 1.54) is 30.2 Å². The molecule has 0 bridgehead atoms. The maximum atomic E-state index is 10.9. The fourth-order valence-electron chi connectivity index (χ4n) is 1.84. The predicted molar refractivity (Wildman–Crippen MR) is 99.8 cm³/mol. The van der Waals surface area contributed by atoms with Gasteiger partial charge in [0, 0.05) is 5.56 Å². The van der Waals surface area contributed by atoms with Crippen molar-refractivity contribution < 1.29 is 14.6 Å². The topological polar surface area (TPSA) is 46.5 Å². The quantitative estimate of drug-likeness (QED) is 0.673. The highest BCUT2D eigenvalue weighted by Crippen LogP contribution is 2.32. The van der Waals surface area contributed by atoms with E-state index in [9.17, 15) is 4.79 Å². The molecule has 0 unspecified atom stereocenters. The molecule has 3 nitrogen and oxygen atoms in total. The van der Waals surface area contributed by atoms with Crippen LogP contribution in [0.1, 0.15) is 41.8 Å². The molecule has 130 valence electrons. The van der Waals surface area contributed by atoms with Gasteiger partial charge in [-0.3, -0.25) is 4.79 Å². The van der Waals surface area contributed by atoms with Crippen LogP contribution in [-0.2, 0) is 0 Å². The molecule has 0 atom stereocenters. The number of benzene rings is 2. The number of carbonyl (C=O) groups is 1. The molecule has 5 heteroatoms. The Morgan fingerprint density at radius 1 is 1.12 bits per heavy atom. The first-order chi connectivity index (χ1) is 11.3. The van der Waals surface area contributed by atoms with Crippen molar-refractivity contribution in [3.8, 4) is 11.5 Å². The number of phenolic OH excluding ortho intramolecular Hbond substituents is 1. The average Bonchev–Trinajstić information content (AvgIpc) is 2.53. The van der Waals surface area contributed by atoms with E-state index in [4.69, 9.17) is 33.0 Å². The minimum atomic E-state index is -0.191. The molecular formula is C19H22Cl2O3. The number of Topliss-reactive ketones (excluding diaryl/α,β-unsaturated/α-hetero) is 1. The molecule has 1 N–H and O–H groups in total. The lowest BCUT2D eigenvalue weighted by Crippen LogP contribution is -1.96. The number of phenols is 1. The van der Waals surface area contributed by atoms with Crippen LogP contribution in [0.15, 0.2) is 30.3 Å². The van der Waals surface area contributed by atoms with Crippen molar-refractivity contribution in [2.24, 2.45) is 0 Å². The summed E-state index contributed by atoms with van der Waals surface area (Å²) >= 11 is 11.2. The molecule has 0 radical (unpaired) electrons. The van der Waals surface area contributed by atoms with Crippen LogP contribution in [0.25, 0.3) is 0 Å². The van der Waals surface area contributed by atoms with E-state index in [1.807, 2.05) is 0 Å². The molecule has 0 aliphatic rings. The second kappa shape index (κ2) is 9.55. The highest BCUT2D eigenvalue weighted by Gasteiger charge is 2.08. The minimum absolute atomic E-state index is 0.0905. The van der Waals surface area contributed by atoms with Crippen molar-refractivity contribution in [3.63, 3.8) is 0 Å². The number of halogens is 2. The Kier molecular flexibility index (Phi) is 8.09. The Labute approximate surface area is 153 Å². The van der Waals surface area contributed by atoms with Gasteiger partial charge in [-0.05, 0) is 56.5 Å². The van der Waals surface area contributed by atoms with E-state index < -0.39 is 0 Å². The third-order valence-electron chi connectivity index (χ3n) is 3.23. The van der Waals surface area contributed by atoms with Crippen LogP contribution in [-0.4, -0.2) is 17.5 Å². The van der Waals surface area contributed by atoms with Gasteiger partial charge < -0.3 is 9.84 Å². The Balaban J connectivity index is 0.000000240. The lowest BCUT2D eigenvalue weighted by molar-refractivity contribution is 0.101. The maximum Gasteiger partial charge on any atom is 0.159 e. The van der Waals surface area contributed by atoms with Crippen LogP contribution in [0, 0.1) is 13.8 Å². The van der Waals surface area contributed by atoms with Crippen molar-refractivity contribution in [1.29, 1.82) is 0 Å². The van der Waals surface area contributed by atoms with Crippen LogP contribution < -0.4 is 4.74 Å². The summed E-state index contributed by atoms with van der Waals surface area (Å²) in [4.78, 5) is 10.9. The highest BCUT2D eigenvalue weighted by molar-refractivity contribution is 6.37. The van der Waals surface area contributed by atoms with Gasteiger partial charge in [-0.2, -0.15) is 0 Å². The van der Waals surface area contributed by atoms with Crippen LogP contribution in [0.3, 0.4) is 0 Å². The molecule has 0 aliphatic heterocycles. The molecule has 0 amide bonds. The monoisotopic (exact) mass is 368 g/mol. The lowest BCUT2D eigenvalue weighted by Gasteiger charge is -2.08. The summed E-state index contributed by atoms with van der Waals surface area (Å²) < 4.78 is 5.57. The second-order valence-corrected chi connectivity index (χ2v) is 6.28. The summed E-state index contributed by atoms with van der Waals surface area (Å²) in [6.07, 6.45) is 1.06. The first kappa shape index (κ1) is 20.3. The van der Waals surface area contributed by atoms with Crippen LogP contribution >= 0.6 is 23.2 Å². The van der Waals surface area contributed by atoms with Gasteiger partial charge in [-0.25, -0.2) is 0 Å². The fourth-order valence-corrected chi connectivity index (χ4v) is 2.33. The molecule has 0 spiro atoms. The number of ketones is 1. The molecule has 2 aromatic rings. The Morgan fingerprint density at radius 2 is 1.71 bits per heavy atom. The lowest BCUT2D eigenvalue weighted by atomic mass is 10.1. The largest absolute Gasteiger partial charge is 0.505 e. The van der Waals surface area contributed by atoms with Gasteiger partial charge in [0.1, 0.15) is 5.75 Å². The smallest absolute Gasteiger partial charge is 0.159 e. The summed E-state index contributed by atoms with van der Waals surface area (Å²) in [6.45, 7) is 8.48. The van der Waals surface area contributed by atoms with Crippen LogP contribution in [0.5, 0.6) is 11.5 Å². The average molecular weight is 369 g/mol. The van der Waals surface area contributed by atoms with Gasteiger partial charge in [-0.1, -0.05) is 42.3 Å². The summed E-state index contributed by atoms with van der Waals surface area (Å²) in [7, 11) is 0. The number of rotatable bonds is 4. The normalized spacial score (nSPS) is 9.92. The molecule has 24 heavy (non-hydrogen) atoms. The molecule has 2 rings (SSSR count). The first-order valence-electron chi connectivity index (χ1n) is 7.65. The van der Waals surface area contributed by atoms with Gasteiger partial charge in [0.2, 0.25) is 0 Å². The van der Waals surface area contributed by atoms with E-state index in [0.29, 0.717) is 5.56 Å². The minimum Gasteiger partial charge on any atom is -0.505 e. The number of aryl methyl sites for hydroxylation is 2. The Bertz CT molecular complexity index is 689. The zero-order valence-corrected chi connectivity index (χ0v) is 15.8. The predicted octanol–water partition coefficient (Wildman–Crippen LogP) is 5.99. The van der Waals surface area contributed by atoms with E-state index in [2.05, 4.69) is 39.0 Å². The molecule has 0 fully saturated rings. The van der Waals surface area contributed by atoms with Gasteiger partial charge in [0.25, 0.3) is 0 Å². The van der Waals surface area contributed by atoms with E-state index in [0.717, 1.165) is 18.8 Å². The van der Waals surface area contributed by atoms with Crippen molar-refractivity contribution in [2.45, 2.75) is 34.1 Å². The van der Waals surface area contributed by atoms with Gasteiger partial charge in [0.05, 0.1) is 16.7 Å². The van der Waals surface area contributed by atoms with Crippen LogP contribution in [0.4, 0.5) is 0 Å². The first-order valence-corrected chi connectivity index (χ1v) is 8.40. The number of carbonyl (C=O) groups excluding carboxylic acids is 1. The standard InChI is InChI=1S/C11H16O.C8H6Cl2O2/c1-4-7-12-11-8-9(2)5-6-10(11)3;1-4(11)5-2-6(9)8(12)7(10)3-5/h5-6,8H,4,7H2,1-3H3;2-3,12H,1H3. The van der Waals surface area contributed by atoms with E-state index in [-0.39, 0.29) is 21.6 Å². The summed E-state index contributed by atoms with van der Waals surface area (Å²) in [6, 6.07) is 9.05. The third kappa shape index (κ3) is 6.06.